The molecule has 1 aliphatic rings. The van der Waals surface area contributed by atoms with Crippen LogP contribution in [0.15, 0.2) is 59.5 Å². The van der Waals surface area contributed by atoms with Gasteiger partial charge in [-0.1, -0.05) is 48.0 Å². The van der Waals surface area contributed by atoms with Crippen LogP contribution in [0.3, 0.4) is 0 Å². The number of hydrogen-bond donors (Lipinski definition) is 1. The van der Waals surface area contributed by atoms with Gasteiger partial charge in [-0.05, 0) is 50.8 Å². The predicted molar refractivity (Wildman–Crippen MR) is 96.6 cm³/mol. The molecular formula is C20H24O4S. The standard InChI is InChI=1S/C20H24O4S/c1-15-10-12-18(13-11-15)25(22,23)24-16(2)19-9-6-14-20(19,21)17-7-4-3-5-8-17/h3-5,7-8,10-13,16,19,21H,6,9,14H2,1-2H3/t16-,19?,20?/m1/s1. The Morgan fingerprint density at radius 1 is 1.12 bits per heavy atom. The highest BCUT2D eigenvalue weighted by atomic mass is 32.2. The fraction of sp³-hybridized carbons (Fsp3) is 0.400. The summed E-state index contributed by atoms with van der Waals surface area (Å²) in [5.74, 6) is -0.268. The molecule has 4 nitrogen and oxygen atoms in total. The van der Waals surface area contributed by atoms with Crippen molar-refractivity contribution in [2.45, 2.75) is 49.7 Å². The third-order valence-corrected chi connectivity index (χ3v) is 6.52. The Morgan fingerprint density at radius 3 is 2.40 bits per heavy atom. The topological polar surface area (TPSA) is 63.6 Å². The van der Waals surface area contributed by atoms with E-state index in [0.717, 1.165) is 24.0 Å². The van der Waals surface area contributed by atoms with Gasteiger partial charge in [-0.25, -0.2) is 0 Å². The van der Waals surface area contributed by atoms with Crippen molar-refractivity contribution in [2.75, 3.05) is 0 Å². The molecule has 1 saturated carbocycles. The van der Waals surface area contributed by atoms with Gasteiger partial charge in [0.2, 0.25) is 0 Å². The van der Waals surface area contributed by atoms with Crippen LogP contribution in [0.25, 0.3) is 0 Å². The Bertz CT molecular complexity index is 815. The lowest BCUT2D eigenvalue weighted by molar-refractivity contribution is -0.0422. The van der Waals surface area contributed by atoms with Gasteiger partial charge in [-0.3, -0.25) is 4.18 Å². The smallest absolute Gasteiger partial charge is 0.297 e. The summed E-state index contributed by atoms with van der Waals surface area (Å²) in [7, 11) is -3.86. The van der Waals surface area contributed by atoms with Gasteiger partial charge in [0.25, 0.3) is 10.1 Å². The molecule has 3 atom stereocenters. The van der Waals surface area contributed by atoms with Crippen LogP contribution >= 0.6 is 0 Å². The average Bonchev–Trinajstić information content (AvgIpc) is 2.99. The van der Waals surface area contributed by atoms with E-state index in [9.17, 15) is 13.5 Å². The maximum absolute atomic E-state index is 12.6. The number of hydrogen-bond acceptors (Lipinski definition) is 4. The summed E-state index contributed by atoms with van der Waals surface area (Å²) in [5.41, 5.74) is 0.755. The molecule has 0 saturated heterocycles. The summed E-state index contributed by atoms with van der Waals surface area (Å²) in [5, 5.41) is 11.2. The Labute approximate surface area is 149 Å². The van der Waals surface area contributed by atoms with Gasteiger partial charge in [0.05, 0.1) is 16.6 Å². The average molecular weight is 360 g/mol. The summed E-state index contributed by atoms with van der Waals surface area (Å²) in [6.45, 7) is 3.63. The van der Waals surface area contributed by atoms with Crippen molar-refractivity contribution in [2.24, 2.45) is 5.92 Å². The molecule has 2 unspecified atom stereocenters. The molecule has 25 heavy (non-hydrogen) atoms. The van der Waals surface area contributed by atoms with Crippen LogP contribution in [0, 0.1) is 12.8 Å². The SMILES string of the molecule is Cc1ccc(S(=O)(=O)O[C@H](C)C2CCCC2(O)c2ccccc2)cc1. The van der Waals surface area contributed by atoms with Crippen molar-refractivity contribution in [3.05, 3.63) is 65.7 Å². The number of benzene rings is 2. The van der Waals surface area contributed by atoms with E-state index >= 15 is 0 Å². The first-order valence-electron chi connectivity index (χ1n) is 8.61. The molecule has 1 aliphatic carbocycles. The quantitative estimate of drug-likeness (QED) is 0.824. The zero-order valence-corrected chi connectivity index (χ0v) is 15.4. The van der Waals surface area contributed by atoms with Crippen LogP contribution in [-0.2, 0) is 19.9 Å². The van der Waals surface area contributed by atoms with Crippen molar-refractivity contribution in [3.8, 4) is 0 Å². The molecule has 0 aromatic heterocycles. The highest BCUT2D eigenvalue weighted by Gasteiger charge is 2.46. The Morgan fingerprint density at radius 2 is 1.76 bits per heavy atom. The van der Waals surface area contributed by atoms with E-state index < -0.39 is 21.8 Å². The van der Waals surface area contributed by atoms with Crippen molar-refractivity contribution in [1.29, 1.82) is 0 Å². The minimum atomic E-state index is -3.86. The van der Waals surface area contributed by atoms with Crippen LogP contribution in [0.2, 0.25) is 0 Å². The molecule has 3 rings (SSSR count). The molecule has 0 aliphatic heterocycles. The summed E-state index contributed by atoms with van der Waals surface area (Å²) in [6, 6.07) is 16.0. The minimum Gasteiger partial charge on any atom is -0.385 e. The van der Waals surface area contributed by atoms with Crippen LogP contribution < -0.4 is 0 Å². The summed E-state index contributed by atoms with van der Waals surface area (Å²) < 4.78 is 30.6. The first kappa shape index (κ1) is 18.1. The summed E-state index contributed by atoms with van der Waals surface area (Å²) in [6.07, 6.45) is 1.57. The predicted octanol–water partition coefficient (Wildman–Crippen LogP) is 3.78. The molecule has 1 fully saturated rings. The highest BCUT2D eigenvalue weighted by molar-refractivity contribution is 7.86. The van der Waals surface area contributed by atoms with Gasteiger partial charge in [-0.15, -0.1) is 0 Å². The van der Waals surface area contributed by atoms with Crippen LogP contribution in [-0.4, -0.2) is 19.6 Å². The first-order valence-corrected chi connectivity index (χ1v) is 10.0. The van der Waals surface area contributed by atoms with E-state index in [2.05, 4.69) is 0 Å². The molecule has 0 radical (unpaired) electrons. The Hall–Kier alpha value is -1.69. The Balaban J connectivity index is 1.82. The Kier molecular flexibility index (Phi) is 5.00. The van der Waals surface area contributed by atoms with Gasteiger partial charge in [0, 0.05) is 5.92 Å². The van der Waals surface area contributed by atoms with Crippen LogP contribution in [0.4, 0.5) is 0 Å². The zero-order chi connectivity index (χ0) is 18.1. The first-order chi connectivity index (χ1) is 11.8. The lowest BCUT2D eigenvalue weighted by atomic mass is 9.81. The molecule has 2 aromatic carbocycles. The molecule has 0 spiro atoms. The number of rotatable bonds is 5. The van der Waals surface area contributed by atoms with E-state index in [1.165, 1.54) is 0 Å². The van der Waals surface area contributed by atoms with Gasteiger partial charge in [0.15, 0.2) is 0 Å². The van der Waals surface area contributed by atoms with E-state index in [4.69, 9.17) is 4.18 Å². The van der Waals surface area contributed by atoms with Crippen molar-refractivity contribution < 1.29 is 17.7 Å². The van der Waals surface area contributed by atoms with E-state index in [-0.39, 0.29) is 10.8 Å². The molecule has 5 heteroatoms. The monoisotopic (exact) mass is 360 g/mol. The maximum atomic E-state index is 12.6. The van der Waals surface area contributed by atoms with E-state index in [1.807, 2.05) is 37.3 Å². The third-order valence-electron chi connectivity index (χ3n) is 5.11. The lowest BCUT2D eigenvalue weighted by Gasteiger charge is -2.34. The second-order valence-corrected chi connectivity index (χ2v) is 8.43. The lowest BCUT2D eigenvalue weighted by Crippen LogP contribution is -2.38. The largest absolute Gasteiger partial charge is 0.385 e. The molecule has 0 heterocycles. The fourth-order valence-electron chi connectivity index (χ4n) is 3.75. The van der Waals surface area contributed by atoms with Crippen molar-refractivity contribution in [1.82, 2.24) is 0 Å². The number of aliphatic hydroxyl groups is 1. The molecule has 0 amide bonds. The summed E-state index contributed by atoms with van der Waals surface area (Å²) >= 11 is 0. The normalized spacial score (nSPS) is 25.0. The third kappa shape index (κ3) is 3.64. The minimum absolute atomic E-state index is 0.145. The molecule has 2 aromatic rings. The van der Waals surface area contributed by atoms with Gasteiger partial charge < -0.3 is 5.11 Å². The molecule has 0 bridgehead atoms. The second kappa shape index (κ2) is 6.90. The number of aryl methyl sites for hydroxylation is 1. The highest BCUT2D eigenvalue weighted by Crippen LogP contribution is 2.46. The van der Waals surface area contributed by atoms with Gasteiger partial charge >= 0.3 is 0 Å². The summed E-state index contributed by atoms with van der Waals surface area (Å²) in [4.78, 5) is 0.145. The fourth-order valence-corrected chi connectivity index (χ4v) is 4.87. The van der Waals surface area contributed by atoms with Gasteiger partial charge in [0.1, 0.15) is 0 Å². The van der Waals surface area contributed by atoms with Crippen LogP contribution in [0.5, 0.6) is 0 Å². The van der Waals surface area contributed by atoms with Crippen LogP contribution in [0.1, 0.15) is 37.3 Å². The second-order valence-electron chi connectivity index (χ2n) is 6.86. The van der Waals surface area contributed by atoms with Gasteiger partial charge in [-0.2, -0.15) is 8.42 Å². The maximum Gasteiger partial charge on any atom is 0.297 e. The van der Waals surface area contributed by atoms with E-state index in [0.29, 0.717) is 6.42 Å². The molecule has 134 valence electrons. The molecule has 1 N–H and O–H groups in total. The van der Waals surface area contributed by atoms with E-state index in [1.54, 1.807) is 31.2 Å². The van der Waals surface area contributed by atoms with Crippen molar-refractivity contribution in [3.63, 3.8) is 0 Å². The zero-order valence-electron chi connectivity index (χ0n) is 14.6. The molecular weight excluding hydrogens is 336 g/mol. The van der Waals surface area contributed by atoms with Crippen molar-refractivity contribution >= 4 is 10.1 Å².